The van der Waals surface area contributed by atoms with Crippen molar-refractivity contribution >= 4 is 11.9 Å². The van der Waals surface area contributed by atoms with Crippen molar-refractivity contribution in [1.29, 1.82) is 0 Å². The molecule has 0 saturated carbocycles. The van der Waals surface area contributed by atoms with Crippen molar-refractivity contribution < 1.29 is 27.5 Å². The fourth-order valence-electron chi connectivity index (χ4n) is 2.24. The lowest BCUT2D eigenvalue weighted by Crippen LogP contribution is -2.41. The molecule has 20 heavy (non-hydrogen) atoms. The van der Waals surface area contributed by atoms with Crippen LogP contribution < -0.4 is 0 Å². The Kier molecular flexibility index (Phi) is 3.96. The molecule has 0 aliphatic carbocycles. The average Bonchev–Trinajstić information content (AvgIpc) is 2.93. The maximum absolute atomic E-state index is 13.6. The van der Waals surface area contributed by atoms with Crippen molar-refractivity contribution in [2.75, 3.05) is 13.7 Å². The number of methoxy groups -OCH3 is 1. The molecule has 0 aromatic heterocycles. The van der Waals surface area contributed by atoms with Crippen LogP contribution in [-0.2, 0) is 9.53 Å². The van der Waals surface area contributed by atoms with Crippen LogP contribution in [-0.4, -0.2) is 36.5 Å². The summed E-state index contributed by atoms with van der Waals surface area (Å²) in [6.07, 6.45) is 0.945. The molecule has 0 spiro atoms. The van der Waals surface area contributed by atoms with E-state index in [1.165, 1.54) is 7.11 Å². The van der Waals surface area contributed by atoms with Crippen LogP contribution in [0.5, 0.6) is 0 Å². The number of likely N-dealkylation sites (tertiary alicyclic amines) is 1. The van der Waals surface area contributed by atoms with E-state index in [0.717, 1.165) is 11.0 Å². The van der Waals surface area contributed by atoms with Gasteiger partial charge in [0, 0.05) is 6.54 Å². The first-order valence-corrected chi connectivity index (χ1v) is 5.99. The smallest absolute Gasteiger partial charge is 0.328 e. The van der Waals surface area contributed by atoms with E-state index in [0.29, 0.717) is 18.9 Å². The number of ether oxygens (including phenoxy) is 1. The minimum atomic E-state index is -1.70. The predicted octanol–water partition coefficient (Wildman–Crippen LogP) is 1.88. The molecular formula is C13H12F3NO3. The van der Waals surface area contributed by atoms with Crippen molar-refractivity contribution in [3.8, 4) is 0 Å². The van der Waals surface area contributed by atoms with Gasteiger partial charge in [-0.1, -0.05) is 0 Å². The number of nitrogens with zero attached hydrogens (tertiary/aromatic N) is 1. The zero-order valence-electron chi connectivity index (χ0n) is 10.7. The molecule has 1 amide bonds. The molecule has 1 aliphatic rings. The van der Waals surface area contributed by atoms with Gasteiger partial charge < -0.3 is 9.64 Å². The van der Waals surface area contributed by atoms with Crippen LogP contribution >= 0.6 is 0 Å². The van der Waals surface area contributed by atoms with Gasteiger partial charge in [0.2, 0.25) is 0 Å². The number of halogens is 3. The molecule has 1 fully saturated rings. The van der Waals surface area contributed by atoms with E-state index in [9.17, 15) is 22.8 Å². The summed E-state index contributed by atoms with van der Waals surface area (Å²) < 4.78 is 44.2. The zero-order chi connectivity index (χ0) is 14.9. The summed E-state index contributed by atoms with van der Waals surface area (Å²) in [7, 11) is 1.18. The van der Waals surface area contributed by atoms with Crippen LogP contribution in [0.15, 0.2) is 12.1 Å². The number of carbonyl (C=O) groups is 2. The Hall–Kier alpha value is -2.05. The van der Waals surface area contributed by atoms with Crippen molar-refractivity contribution in [1.82, 2.24) is 4.90 Å². The zero-order valence-corrected chi connectivity index (χ0v) is 10.7. The summed E-state index contributed by atoms with van der Waals surface area (Å²) in [6.45, 7) is 0.233. The second-order valence-electron chi connectivity index (χ2n) is 4.40. The molecule has 1 saturated heterocycles. The minimum absolute atomic E-state index is 0.233. The average molecular weight is 287 g/mol. The lowest BCUT2D eigenvalue weighted by Gasteiger charge is -2.22. The lowest BCUT2D eigenvalue weighted by molar-refractivity contribution is -0.145. The first-order chi connectivity index (χ1) is 9.47. The van der Waals surface area contributed by atoms with Gasteiger partial charge in [0.05, 0.1) is 12.7 Å². The number of rotatable bonds is 2. The van der Waals surface area contributed by atoms with E-state index < -0.39 is 40.9 Å². The van der Waals surface area contributed by atoms with Crippen molar-refractivity contribution in [3.05, 3.63) is 35.1 Å². The second kappa shape index (κ2) is 5.52. The highest BCUT2D eigenvalue weighted by Crippen LogP contribution is 2.23. The third-order valence-electron chi connectivity index (χ3n) is 3.25. The maximum Gasteiger partial charge on any atom is 0.328 e. The van der Waals surface area contributed by atoms with E-state index in [1.54, 1.807) is 0 Å². The van der Waals surface area contributed by atoms with Crippen LogP contribution in [0.1, 0.15) is 23.2 Å². The van der Waals surface area contributed by atoms with Crippen molar-refractivity contribution in [2.45, 2.75) is 18.9 Å². The first-order valence-electron chi connectivity index (χ1n) is 5.99. The lowest BCUT2D eigenvalue weighted by atomic mass is 10.1. The Labute approximate surface area is 113 Å². The molecule has 1 heterocycles. The molecule has 0 N–H and O–H groups in total. The van der Waals surface area contributed by atoms with Crippen molar-refractivity contribution in [2.24, 2.45) is 0 Å². The number of esters is 1. The Bertz CT molecular complexity index is 562. The van der Waals surface area contributed by atoms with E-state index in [4.69, 9.17) is 0 Å². The van der Waals surface area contributed by atoms with Crippen LogP contribution in [0.3, 0.4) is 0 Å². The summed E-state index contributed by atoms with van der Waals surface area (Å²) in [6, 6.07) is 0.720. The summed E-state index contributed by atoms with van der Waals surface area (Å²) in [5.74, 6) is -6.09. The van der Waals surface area contributed by atoms with Crippen LogP contribution in [0, 0.1) is 17.5 Å². The Morgan fingerprint density at radius 2 is 1.95 bits per heavy atom. The molecule has 0 bridgehead atoms. The summed E-state index contributed by atoms with van der Waals surface area (Å²) in [4.78, 5) is 24.8. The van der Waals surface area contributed by atoms with Gasteiger partial charge in [-0.3, -0.25) is 4.79 Å². The normalized spacial score (nSPS) is 18.2. The number of hydrogen-bond donors (Lipinski definition) is 0. The molecule has 1 atom stereocenters. The fraction of sp³-hybridized carbons (Fsp3) is 0.385. The molecule has 1 aromatic carbocycles. The largest absolute Gasteiger partial charge is 0.467 e. The fourth-order valence-corrected chi connectivity index (χ4v) is 2.24. The van der Waals surface area contributed by atoms with Gasteiger partial charge in [-0.15, -0.1) is 0 Å². The van der Waals surface area contributed by atoms with E-state index in [-0.39, 0.29) is 6.54 Å². The molecular weight excluding hydrogens is 275 g/mol. The van der Waals surface area contributed by atoms with Gasteiger partial charge in [-0.25, -0.2) is 18.0 Å². The van der Waals surface area contributed by atoms with E-state index in [1.807, 2.05) is 0 Å². The van der Waals surface area contributed by atoms with Crippen LogP contribution in [0.2, 0.25) is 0 Å². The van der Waals surface area contributed by atoms with Gasteiger partial charge in [0.15, 0.2) is 17.5 Å². The molecule has 4 nitrogen and oxygen atoms in total. The molecule has 108 valence electrons. The first kappa shape index (κ1) is 14.4. The number of hydrogen-bond acceptors (Lipinski definition) is 3. The third-order valence-corrected chi connectivity index (χ3v) is 3.25. The van der Waals surface area contributed by atoms with Crippen LogP contribution in [0.25, 0.3) is 0 Å². The van der Waals surface area contributed by atoms with Gasteiger partial charge >= 0.3 is 5.97 Å². The van der Waals surface area contributed by atoms with Crippen LogP contribution in [0.4, 0.5) is 13.2 Å². The number of benzene rings is 1. The highest BCUT2D eigenvalue weighted by Gasteiger charge is 2.36. The van der Waals surface area contributed by atoms with Crippen molar-refractivity contribution in [3.63, 3.8) is 0 Å². The molecule has 2 rings (SSSR count). The Morgan fingerprint density at radius 1 is 1.25 bits per heavy atom. The quantitative estimate of drug-likeness (QED) is 0.616. The Balaban J connectivity index is 2.32. The minimum Gasteiger partial charge on any atom is -0.467 e. The van der Waals surface area contributed by atoms with E-state index in [2.05, 4.69) is 4.74 Å². The summed E-state index contributed by atoms with van der Waals surface area (Å²) in [5, 5.41) is 0. The highest BCUT2D eigenvalue weighted by atomic mass is 19.2. The topological polar surface area (TPSA) is 46.6 Å². The SMILES string of the molecule is COC(=O)[C@@H]1CCCN1C(=O)c1ccc(F)c(F)c1F. The predicted molar refractivity (Wildman–Crippen MR) is 62.4 cm³/mol. The molecule has 0 radical (unpaired) electrons. The van der Waals surface area contributed by atoms with Gasteiger partial charge in [0.1, 0.15) is 6.04 Å². The standard InChI is InChI=1S/C13H12F3NO3/c1-20-13(19)9-3-2-6-17(9)12(18)7-4-5-8(14)11(16)10(7)15/h4-5,9H,2-3,6H2,1H3/t9-/m0/s1. The maximum atomic E-state index is 13.6. The number of carbonyl (C=O) groups excluding carboxylic acids is 2. The van der Waals surface area contributed by atoms with E-state index >= 15 is 0 Å². The van der Waals surface area contributed by atoms with Gasteiger partial charge in [-0.2, -0.15) is 0 Å². The van der Waals surface area contributed by atoms with Gasteiger partial charge in [0.25, 0.3) is 5.91 Å². The molecule has 1 aromatic rings. The second-order valence-corrected chi connectivity index (χ2v) is 4.40. The van der Waals surface area contributed by atoms with Gasteiger partial charge in [-0.05, 0) is 25.0 Å². The molecule has 7 heteroatoms. The summed E-state index contributed by atoms with van der Waals surface area (Å²) >= 11 is 0. The monoisotopic (exact) mass is 287 g/mol. The number of amides is 1. The Morgan fingerprint density at radius 3 is 2.60 bits per heavy atom. The summed E-state index contributed by atoms with van der Waals surface area (Å²) in [5.41, 5.74) is -0.597. The molecule has 0 unspecified atom stereocenters. The third kappa shape index (κ3) is 2.35. The highest BCUT2D eigenvalue weighted by molar-refractivity contribution is 5.97. The molecule has 1 aliphatic heterocycles.